The fourth-order valence-corrected chi connectivity index (χ4v) is 5.99. The van der Waals surface area contributed by atoms with Gasteiger partial charge in [0.05, 0.1) is 23.4 Å². The Bertz CT molecular complexity index is 1180. The van der Waals surface area contributed by atoms with Gasteiger partial charge in [-0.2, -0.15) is 0 Å². The van der Waals surface area contributed by atoms with Crippen LogP contribution in [0.5, 0.6) is 0 Å². The Morgan fingerprint density at radius 3 is 2.84 bits per heavy atom. The van der Waals surface area contributed by atoms with E-state index in [2.05, 4.69) is 12.2 Å². The van der Waals surface area contributed by atoms with Crippen LogP contribution in [0, 0.1) is 13.8 Å². The predicted molar refractivity (Wildman–Crippen MR) is 127 cm³/mol. The summed E-state index contributed by atoms with van der Waals surface area (Å²) >= 11 is 2.93. The summed E-state index contributed by atoms with van der Waals surface area (Å²) in [6.45, 7) is 5.02. The molecule has 1 aliphatic carbocycles. The lowest BCUT2D eigenvalue weighted by Gasteiger charge is -2.14. The predicted octanol–water partition coefficient (Wildman–Crippen LogP) is 3.80. The summed E-state index contributed by atoms with van der Waals surface area (Å²) in [7, 11) is 1.60. The van der Waals surface area contributed by atoms with E-state index < -0.39 is 0 Å². The molecule has 0 aliphatic heterocycles. The van der Waals surface area contributed by atoms with Crippen LogP contribution in [-0.4, -0.2) is 41.5 Å². The zero-order valence-electron chi connectivity index (χ0n) is 18.1. The van der Waals surface area contributed by atoms with Crippen LogP contribution < -0.4 is 10.9 Å². The summed E-state index contributed by atoms with van der Waals surface area (Å²) in [5.74, 6) is 0.0888. The number of nitrogens with one attached hydrogen (secondary N) is 1. The van der Waals surface area contributed by atoms with Crippen LogP contribution in [0.15, 0.2) is 28.2 Å². The number of ether oxygens (including phenoxy) is 1. The normalized spacial score (nSPS) is 13.4. The van der Waals surface area contributed by atoms with Gasteiger partial charge < -0.3 is 10.1 Å². The molecule has 0 bridgehead atoms. The number of methoxy groups -OCH3 is 1. The fourth-order valence-electron chi connectivity index (χ4n) is 3.85. The van der Waals surface area contributed by atoms with Crippen LogP contribution in [0.25, 0.3) is 15.9 Å². The van der Waals surface area contributed by atoms with Gasteiger partial charge in [0.25, 0.3) is 5.56 Å². The first-order valence-corrected chi connectivity index (χ1v) is 12.3. The highest BCUT2D eigenvalue weighted by Gasteiger charge is 2.23. The molecule has 164 valence electrons. The van der Waals surface area contributed by atoms with Crippen LogP contribution >= 0.6 is 23.1 Å². The topological polar surface area (TPSA) is 73.2 Å². The molecule has 3 aromatic rings. The van der Waals surface area contributed by atoms with E-state index in [0.717, 1.165) is 47.2 Å². The number of carbonyl (C=O) groups is 1. The number of rotatable bonds is 7. The van der Waals surface area contributed by atoms with E-state index in [1.807, 2.05) is 25.1 Å². The number of thiophene rings is 1. The van der Waals surface area contributed by atoms with Crippen LogP contribution in [0.1, 0.15) is 34.4 Å². The van der Waals surface area contributed by atoms with Gasteiger partial charge in [-0.25, -0.2) is 4.98 Å². The van der Waals surface area contributed by atoms with E-state index in [9.17, 15) is 9.59 Å². The minimum atomic E-state index is -0.103. The molecule has 8 heteroatoms. The average Bonchev–Trinajstić information content (AvgIpc) is 3.13. The zero-order valence-corrected chi connectivity index (χ0v) is 19.8. The summed E-state index contributed by atoms with van der Waals surface area (Å²) in [6.07, 6.45) is 4.23. The van der Waals surface area contributed by atoms with E-state index in [4.69, 9.17) is 9.72 Å². The summed E-state index contributed by atoms with van der Waals surface area (Å²) in [6, 6.07) is 6.00. The summed E-state index contributed by atoms with van der Waals surface area (Å²) in [5, 5.41) is 4.14. The van der Waals surface area contributed by atoms with E-state index in [0.29, 0.717) is 18.3 Å². The highest BCUT2D eigenvalue weighted by atomic mass is 32.2. The minimum Gasteiger partial charge on any atom is -0.383 e. The Balaban J connectivity index is 1.78. The lowest BCUT2D eigenvalue weighted by atomic mass is 9.97. The molecule has 31 heavy (non-hydrogen) atoms. The Labute approximate surface area is 190 Å². The molecule has 0 saturated carbocycles. The van der Waals surface area contributed by atoms with Crippen LogP contribution in [-0.2, 0) is 22.4 Å². The molecular formula is C23H27N3O3S2. The van der Waals surface area contributed by atoms with Gasteiger partial charge in [0.1, 0.15) is 4.83 Å². The van der Waals surface area contributed by atoms with Gasteiger partial charge in [-0.05, 0) is 68.4 Å². The van der Waals surface area contributed by atoms with Gasteiger partial charge >= 0.3 is 0 Å². The smallest absolute Gasteiger partial charge is 0.267 e. The number of fused-ring (bicyclic) bond motifs is 3. The molecule has 6 nitrogen and oxygen atoms in total. The molecule has 2 aromatic heterocycles. The first-order valence-electron chi connectivity index (χ1n) is 10.5. The van der Waals surface area contributed by atoms with Crippen LogP contribution in [0.2, 0.25) is 0 Å². The summed E-state index contributed by atoms with van der Waals surface area (Å²) < 4.78 is 6.66. The monoisotopic (exact) mass is 457 g/mol. The second-order valence-corrected chi connectivity index (χ2v) is 9.85. The van der Waals surface area contributed by atoms with Gasteiger partial charge in [0.2, 0.25) is 5.91 Å². The molecule has 0 saturated heterocycles. The first kappa shape index (κ1) is 22.0. The van der Waals surface area contributed by atoms with Gasteiger partial charge in [0, 0.05) is 18.5 Å². The highest BCUT2D eigenvalue weighted by molar-refractivity contribution is 7.99. The van der Waals surface area contributed by atoms with Crippen LogP contribution in [0.3, 0.4) is 0 Å². The molecule has 2 heterocycles. The van der Waals surface area contributed by atoms with Crippen LogP contribution in [0.4, 0.5) is 0 Å². The maximum Gasteiger partial charge on any atom is 0.267 e. The Morgan fingerprint density at radius 2 is 2.06 bits per heavy atom. The Hall–Kier alpha value is -2.16. The third kappa shape index (κ3) is 4.56. The third-order valence-electron chi connectivity index (χ3n) is 5.67. The molecule has 1 aliphatic rings. The average molecular weight is 458 g/mol. The Kier molecular flexibility index (Phi) is 6.79. The SMILES string of the molecule is COCCNC(=O)CSc1nc2sc3c(c2c(=O)n1-c1ccc(C)c(C)c1)CCCC3. The minimum absolute atomic E-state index is 0.0325. The zero-order chi connectivity index (χ0) is 22.0. The number of benzene rings is 1. The van der Waals surface area contributed by atoms with E-state index in [1.165, 1.54) is 27.8 Å². The van der Waals surface area contributed by atoms with Crippen molar-refractivity contribution >= 4 is 39.2 Å². The number of amides is 1. The van der Waals surface area contributed by atoms with Crippen molar-refractivity contribution in [1.29, 1.82) is 0 Å². The van der Waals surface area contributed by atoms with Crippen molar-refractivity contribution in [2.75, 3.05) is 26.0 Å². The van der Waals surface area contributed by atoms with Gasteiger partial charge in [-0.1, -0.05) is 17.8 Å². The second kappa shape index (κ2) is 9.54. The number of aryl methyl sites for hydroxylation is 4. The quantitative estimate of drug-likeness (QED) is 0.332. The van der Waals surface area contributed by atoms with Gasteiger partial charge in [-0.15, -0.1) is 11.3 Å². The van der Waals surface area contributed by atoms with Crippen molar-refractivity contribution in [1.82, 2.24) is 14.9 Å². The number of carbonyl (C=O) groups excluding carboxylic acids is 1. The number of nitrogens with zero attached hydrogens (tertiary/aromatic N) is 2. The molecule has 4 rings (SSSR count). The summed E-state index contributed by atoms with van der Waals surface area (Å²) in [5.41, 5.74) is 4.22. The molecule has 1 N–H and O–H groups in total. The fraction of sp³-hybridized carbons (Fsp3) is 0.435. The molecule has 1 aromatic carbocycles. The molecule has 0 atom stereocenters. The molecule has 0 spiro atoms. The maximum atomic E-state index is 13.7. The van der Waals surface area contributed by atoms with Crippen molar-refractivity contribution < 1.29 is 9.53 Å². The first-order chi connectivity index (χ1) is 15.0. The van der Waals surface area contributed by atoms with Gasteiger partial charge in [-0.3, -0.25) is 14.2 Å². The van der Waals surface area contributed by atoms with E-state index >= 15 is 0 Å². The van der Waals surface area contributed by atoms with Crippen molar-refractivity contribution in [3.8, 4) is 5.69 Å². The number of hydrogen-bond donors (Lipinski definition) is 1. The molecule has 1 amide bonds. The van der Waals surface area contributed by atoms with Gasteiger partial charge in [0.15, 0.2) is 5.16 Å². The molecule has 0 unspecified atom stereocenters. The van der Waals surface area contributed by atoms with Crippen molar-refractivity contribution in [3.63, 3.8) is 0 Å². The number of thioether (sulfide) groups is 1. The standard InChI is InChI=1S/C23H27N3O3S2/c1-14-8-9-16(12-15(14)2)26-22(28)20-17-6-4-5-7-18(17)31-21(20)25-23(26)30-13-19(27)24-10-11-29-3/h8-9,12H,4-7,10-11,13H2,1-3H3,(H,24,27). The third-order valence-corrected chi connectivity index (χ3v) is 7.79. The lowest BCUT2D eigenvalue weighted by Crippen LogP contribution is -2.29. The Morgan fingerprint density at radius 1 is 1.26 bits per heavy atom. The molecular weight excluding hydrogens is 430 g/mol. The second-order valence-electron chi connectivity index (χ2n) is 7.83. The van der Waals surface area contributed by atoms with Crippen molar-refractivity contribution in [2.45, 2.75) is 44.7 Å². The summed E-state index contributed by atoms with van der Waals surface area (Å²) in [4.78, 5) is 32.9. The number of aromatic nitrogens is 2. The molecule has 0 fully saturated rings. The molecule has 0 radical (unpaired) electrons. The van der Waals surface area contributed by atoms with E-state index in [-0.39, 0.29) is 17.2 Å². The number of hydrogen-bond acceptors (Lipinski definition) is 6. The maximum absolute atomic E-state index is 13.7. The largest absolute Gasteiger partial charge is 0.383 e. The van der Waals surface area contributed by atoms with Crippen molar-refractivity contribution in [2.24, 2.45) is 0 Å². The highest BCUT2D eigenvalue weighted by Crippen LogP contribution is 2.35. The lowest BCUT2D eigenvalue weighted by molar-refractivity contribution is -0.118. The van der Waals surface area contributed by atoms with E-state index in [1.54, 1.807) is 23.0 Å². The van der Waals surface area contributed by atoms with Crippen molar-refractivity contribution in [3.05, 3.63) is 50.1 Å².